The number of carbonyl (C=O) groups is 1. The second-order valence-corrected chi connectivity index (χ2v) is 5.29. The largest absolute Gasteiger partial charge is 0.398 e. The Hall–Kier alpha value is -1.61. The number of nitrogens with two attached hydrogens (primary N) is 1. The van der Waals surface area contributed by atoms with Crippen LogP contribution >= 0.6 is 15.9 Å². The Morgan fingerprint density at radius 1 is 1.06 bits per heavy atom. The van der Waals surface area contributed by atoms with Crippen molar-refractivity contribution in [3.63, 3.8) is 0 Å². The van der Waals surface area contributed by atoms with E-state index in [4.69, 9.17) is 5.73 Å². The topological polar surface area (TPSA) is 43.1 Å². The van der Waals surface area contributed by atoms with Gasteiger partial charge in [0.25, 0.3) is 0 Å². The third-order valence-electron chi connectivity index (χ3n) is 2.89. The van der Waals surface area contributed by atoms with Crippen LogP contribution in [0, 0.1) is 13.8 Å². The van der Waals surface area contributed by atoms with Crippen LogP contribution in [-0.4, -0.2) is 5.78 Å². The molecule has 0 saturated carbocycles. The smallest absolute Gasteiger partial charge is 0.195 e. The summed E-state index contributed by atoms with van der Waals surface area (Å²) in [6, 6.07) is 11.1. The first kappa shape index (κ1) is 12.8. The Bertz CT molecular complexity index is 620. The molecule has 0 unspecified atom stereocenters. The number of aryl methyl sites for hydroxylation is 2. The van der Waals surface area contributed by atoms with E-state index in [0.29, 0.717) is 16.8 Å². The standard InChI is InChI=1S/C15H14BrNO/c1-9-3-5-12(10(2)7-9)15(18)13-8-11(16)4-6-14(13)17/h3-8H,17H2,1-2H3. The minimum Gasteiger partial charge on any atom is -0.398 e. The normalized spacial score (nSPS) is 10.4. The fourth-order valence-corrected chi connectivity index (χ4v) is 2.30. The molecule has 0 radical (unpaired) electrons. The molecule has 2 aromatic carbocycles. The second-order valence-electron chi connectivity index (χ2n) is 4.38. The van der Waals surface area contributed by atoms with Gasteiger partial charge in [-0.05, 0) is 37.6 Å². The van der Waals surface area contributed by atoms with Crippen LogP contribution in [0.4, 0.5) is 5.69 Å². The molecule has 0 amide bonds. The molecule has 0 bridgehead atoms. The lowest BCUT2D eigenvalue weighted by molar-refractivity contribution is 0.103. The second kappa shape index (κ2) is 4.94. The predicted molar refractivity (Wildman–Crippen MR) is 77.9 cm³/mol. The number of carbonyl (C=O) groups excluding carboxylic acids is 1. The lowest BCUT2D eigenvalue weighted by Gasteiger charge is -2.08. The van der Waals surface area contributed by atoms with Crippen LogP contribution in [0.25, 0.3) is 0 Å². The summed E-state index contributed by atoms with van der Waals surface area (Å²) in [7, 11) is 0. The molecule has 0 aromatic heterocycles. The summed E-state index contributed by atoms with van der Waals surface area (Å²) < 4.78 is 0.852. The minimum absolute atomic E-state index is 0.0358. The third kappa shape index (κ3) is 2.46. The van der Waals surface area contributed by atoms with Gasteiger partial charge >= 0.3 is 0 Å². The summed E-state index contributed by atoms with van der Waals surface area (Å²) in [5, 5.41) is 0. The van der Waals surface area contributed by atoms with E-state index >= 15 is 0 Å². The highest BCUT2D eigenvalue weighted by Gasteiger charge is 2.14. The van der Waals surface area contributed by atoms with Crippen LogP contribution in [0.2, 0.25) is 0 Å². The number of hydrogen-bond donors (Lipinski definition) is 1. The van der Waals surface area contributed by atoms with Crippen molar-refractivity contribution in [3.05, 3.63) is 63.1 Å². The monoisotopic (exact) mass is 303 g/mol. The molecule has 0 aliphatic carbocycles. The first-order valence-electron chi connectivity index (χ1n) is 5.66. The Morgan fingerprint density at radius 3 is 2.44 bits per heavy atom. The molecule has 0 atom stereocenters. The van der Waals surface area contributed by atoms with Gasteiger partial charge in [0.2, 0.25) is 0 Å². The number of anilines is 1. The highest BCUT2D eigenvalue weighted by molar-refractivity contribution is 9.10. The van der Waals surface area contributed by atoms with Gasteiger partial charge in [-0.3, -0.25) is 4.79 Å². The number of halogens is 1. The zero-order chi connectivity index (χ0) is 13.3. The highest BCUT2D eigenvalue weighted by atomic mass is 79.9. The molecule has 18 heavy (non-hydrogen) atoms. The Balaban J connectivity index is 2.51. The molecular formula is C15H14BrNO. The lowest BCUT2D eigenvalue weighted by Crippen LogP contribution is -2.07. The summed E-state index contributed by atoms with van der Waals surface area (Å²) >= 11 is 3.36. The summed E-state index contributed by atoms with van der Waals surface area (Å²) in [6.45, 7) is 3.95. The van der Waals surface area contributed by atoms with Crippen LogP contribution in [0.1, 0.15) is 27.0 Å². The van der Waals surface area contributed by atoms with Gasteiger partial charge in [-0.15, -0.1) is 0 Å². The molecule has 2 rings (SSSR count). The molecule has 3 heteroatoms. The maximum atomic E-state index is 12.5. The third-order valence-corrected chi connectivity index (χ3v) is 3.38. The van der Waals surface area contributed by atoms with E-state index in [1.54, 1.807) is 12.1 Å². The van der Waals surface area contributed by atoms with Gasteiger partial charge in [0.05, 0.1) is 0 Å². The van der Waals surface area contributed by atoms with Crippen molar-refractivity contribution >= 4 is 27.4 Å². The van der Waals surface area contributed by atoms with E-state index < -0.39 is 0 Å². The SMILES string of the molecule is Cc1ccc(C(=O)c2cc(Br)ccc2N)c(C)c1. The molecule has 2 aromatic rings. The molecule has 2 nitrogen and oxygen atoms in total. The van der Waals surface area contributed by atoms with E-state index in [1.807, 2.05) is 38.1 Å². The number of benzene rings is 2. The first-order chi connectivity index (χ1) is 8.49. The number of nitrogen functional groups attached to an aromatic ring is 1. The summed E-state index contributed by atoms with van der Waals surface area (Å²) in [5.74, 6) is -0.0358. The van der Waals surface area contributed by atoms with Gasteiger partial charge in [0, 0.05) is 21.3 Å². The van der Waals surface area contributed by atoms with Crippen molar-refractivity contribution in [2.45, 2.75) is 13.8 Å². The molecule has 0 aliphatic rings. The Morgan fingerprint density at radius 2 is 1.78 bits per heavy atom. The zero-order valence-corrected chi connectivity index (χ0v) is 11.9. The van der Waals surface area contributed by atoms with E-state index in [-0.39, 0.29) is 5.78 Å². The minimum atomic E-state index is -0.0358. The van der Waals surface area contributed by atoms with Gasteiger partial charge in [-0.2, -0.15) is 0 Å². The summed E-state index contributed by atoms with van der Waals surface area (Å²) in [5.41, 5.74) is 9.72. The quantitative estimate of drug-likeness (QED) is 0.676. The first-order valence-corrected chi connectivity index (χ1v) is 6.45. The van der Waals surface area contributed by atoms with E-state index in [1.165, 1.54) is 0 Å². The number of hydrogen-bond acceptors (Lipinski definition) is 2. The molecular weight excluding hydrogens is 290 g/mol. The van der Waals surface area contributed by atoms with Gasteiger partial charge in [-0.25, -0.2) is 0 Å². The maximum absolute atomic E-state index is 12.5. The van der Waals surface area contributed by atoms with Crippen molar-refractivity contribution in [1.82, 2.24) is 0 Å². The number of ketones is 1. The van der Waals surface area contributed by atoms with E-state index in [2.05, 4.69) is 15.9 Å². The van der Waals surface area contributed by atoms with Gasteiger partial charge in [-0.1, -0.05) is 39.7 Å². The highest BCUT2D eigenvalue weighted by Crippen LogP contribution is 2.23. The molecule has 92 valence electrons. The van der Waals surface area contributed by atoms with Gasteiger partial charge in [0.1, 0.15) is 0 Å². The maximum Gasteiger partial charge on any atom is 0.195 e. The molecule has 0 saturated heterocycles. The number of rotatable bonds is 2. The molecule has 0 heterocycles. The molecule has 0 aliphatic heterocycles. The van der Waals surface area contributed by atoms with Crippen LogP contribution in [0.5, 0.6) is 0 Å². The average Bonchev–Trinajstić information content (AvgIpc) is 2.31. The lowest BCUT2D eigenvalue weighted by atomic mass is 9.97. The predicted octanol–water partition coefficient (Wildman–Crippen LogP) is 3.88. The van der Waals surface area contributed by atoms with Crippen LogP contribution in [0.15, 0.2) is 40.9 Å². The van der Waals surface area contributed by atoms with Crippen LogP contribution in [0.3, 0.4) is 0 Å². The van der Waals surface area contributed by atoms with Crippen LogP contribution in [-0.2, 0) is 0 Å². The summed E-state index contributed by atoms with van der Waals surface area (Å²) in [6.07, 6.45) is 0. The average molecular weight is 304 g/mol. The molecule has 0 spiro atoms. The Kier molecular flexibility index (Phi) is 3.53. The Labute approximate surface area is 115 Å². The van der Waals surface area contributed by atoms with Crippen molar-refractivity contribution in [3.8, 4) is 0 Å². The van der Waals surface area contributed by atoms with Crippen molar-refractivity contribution in [1.29, 1.82) is 0 Å². The summed E-state index contributed by atoms with van der Waals surface area (Å²) in [4.78, 5) is 12.5. The van der Waals surface area contributed by atoms with Crippen molar-refractivity contribution in [2.24, 2.45) is 0 Å². The zero-order valence-electron chi connectivity index (χ0n) is 10.3. The molecule has 2 N–H and O–H groups in total. The fourth-order valence-electron chi connectivity index (χ4n) is 1.94. The molecule has 0 fully saturated rings. The van der Waals surface area contributed by atoms with Gasteiger partial charge in [0.15, 0.2) is 5.78 Å². The van der Waals surface area contributed by atoms with E-state index in [0.717, 1.165) is 15.6 Å². The van der Waals surface area contributed by atoms with E-state index in [9.17, 15) is 4.79 Å². The fraction of sp³-hybridized carbons (Fsp3) is 0.133. The van der Waals surface area contributed by atoms with Crippen molar-refractivity contribution in [2.75, 3.05) is 5.73 Å². The van der Waals surface area contributed by atoms with Crippen LogP contribution < -0.4 is 5.73 Å². The van der Waals surface area contributed by atoms with Gasteiger partial charge < -0.3 is 5.73 Å². The van der Waals surface area contributed by atoms with Crippen molar-refractivity contribution < 1.29 is 4.79 Å².